The number of aromatic nitrogens is 2. The second-order valence-electron chi connectivity index (χ2n) is 5.56. The molecule has 4 nitrogen and oxygen atoms in total. The van der Waals surface area contributed by atoms with Crippen LogP contribution in [-0.4, -0.2) is 26.3 Å². The number of aliphatic carboxylic acids is 1. The number of fused-ring (bicyclic) bond motifs is 3. The Kier molecular flexibility index (Phi) is 4.17. The van der Waals surface area contributed by atoms with Crippen LogP contribution in [0, 0.1) is 5.92 Å². The molecule has 0 amide bonds. The number of aryl methyl sites for hydroxylation is 1. The highest BCUT2D eigenvalue weighted by atomic mass is 32.2. The van der Waals surface area contributed by atoms with Gasteiger partial charge in [0.25, 0.3) is 0 Å². The molecule has 1 N–H and O–H groups in total. The minimum absolute atomic E-state index is 0.443. The number of hydrogen-bond acceptors (Lipinski definition) is 5. The van der Waals surface area contributed by atoms with Crippen molar-refractivity contribution in [3.05, 3.63) is 16.8 Å². The summed E-state index contributed by atoms with van der Waals surface area (Å²) >= 11 is 3.11. The van der Waals surface area contributed by atoms with E-state index in [0.717, 1.165) is 34.0 Å². The Balaban J connectivity index is 2.05. The van der Waals surface area contributed by atoms with Gasteiger partial charge in [-0.3, -0.25) is 4.79 Å². The Hall–Kier alpha value is -1.14. The second kappa shape index (κ2) is 5.93. The van der Waals surface area contributed by atoms with Crippen LogP contribution in [0.2, 0.25) is 0 Å². The first-order valence-corrected chi connectivity index (χ1v) is 8.94. The Bertz CT molecular complexity index is 684. The molecule has 112 valence electrons. The highest BCUT2D eigenvalue weighted by molar-refractivity contribution is 8.00. The van der Waals surface area contributed by atoms with Crippen molar-refractivity contribution in [1.29, 1.82) is 0 Å². The molecule has 21 heavy (non-hydrogen) atoms. The molecule has 6 heteroatoms. The van der Waals surface area contributed by atoms with E-state index in [1.165, 1.54) is 28.6 Å². The Labute approximate surface area is 132 Å². The minimum Gasteiger partial charge on any atom is -0.480 e. The molecule has 3 rings (SSSR count). The lowest BCUT2D eigenvalue weighted by Crippen LogP contribution is -2.15. The Morgan fingerprint density at radius 2 is 2.38 bits per heavy atom. The number of carbonyl (C=O) groups is 1. The van der Waals surface area contributed by atoms with Crippen molar-refractivity contribution in [3.63, 3.8) is 0 Å². The molecular formula is C15H18N2O2S2. The van der Waals surface area contributed by atoms with Crippen LogP contribution in [0.25, 0.3) is 10.2 Å². The number of carboxylic acids is 1. The number of carboxylic acid groups (broad SMARTS) is 1. The first-order valence-electron chi connectivity index (χ1n) is 7.24. The SMILES string of the molecule is CC[C@H](Sc1ncnc2sc3c(c12)CC[C@@H](C)C3)C(=O)O. The van der Waals surface area contributed by atoms with Gasteiger partial charge in [0.15, 0.2) is 0 Å². The average molecular weight is 322 g/mol. The van der Waals surface area contributed by atoms with Crippen molar-refractivity contribution >= 4 is 39.3 Å². The van der Waals surface area contributed by atoms with Gasteiger partial charge in [0, 0.05) is 10.3 Å². The third kappa shape index (κ3) is 2.79. The van der Waals surface area contributed by atoms with Crippen LogP contribution in [0.4, 0.5) is 0 Å². The maximum absolute atomic E-state index is 11.3. The fourth-order valence-electron chi connectivity index (χ4n) is 2.78. The van der Waals surface area contributed by atoms with Crippen LogP contribution in [-0.2, 0) is 17.6 Å². The van der Waals surface area contributed by atoms with Crippen molar-refractivity contribution in [1.82, 2.24) is 9.97 Å². The van der Waals surface area contributed by atoms with Crippen molar-refractivity contribution < 1.29 is 9.90 Å². The summed E-state index contributed by atoms with van der Waals surface area (Å²) in [6, 6.07) is 0. The zero-order valence-corrected chi connectivity index (χ0v) is 13.8. The molecule has 0 radical (unpaired) electrons. The van der Waals surface area contributed by atoms with E-state index in [-0.39, 0.29) is 0 Å². The Morgan fingerprint density at radius 1 is 1.57 bits per heavy atom. The van der Waals surface area contributed by atoms with Gasteiger partial charge in [0.1, 0.15) is 21.4 Å². The van der Waals surface area contributed by atoms with Gasteiger partial charge in [-0.15, -0.1) is 11.3 Å². The molecule has 2 aromatic rings. The molecule has 0 saturated heterocycles. The molecule has 0 unspecified atom stereocenters. The van der Waals surface area contributed by atoms with Gasteiger partial charge in [0.05, 0.1) is 0 Å². The fraction of sp³-hybridized carbons (Fsp3) is 0.533. The number of thioether (sulfide) groups is 1. The summed E-state index contributed by atoms with van der Waals surface area (Å²) in [5, 5.41) is 10.8. The lowest BCUT2D eigenvalue weighted by atomic mass is 9.89. The highest BCUT2D eigenvalue weighted by Gasteiger charge is 2.25. The number of thiophene rings is 1. The molecular weight excluding hydrogens is 304 g/mol. The van der Waals surface area contributed by atoms with Crippen LogP contribution in [0.15, 0.2) is 11.4 Å². The molecule has 1 aliphatic rings. The van der Waals surface area contributed by atoms with Crippen molar-refractivity contribution in [2.24, 2.45) is 5.92 Å². The van der Waals surface area contributed by atoms with E-state index in [0.29, 0.717) is 6.42 Å². The largest absolute Gasteiger partial charge is 0.480 e. The van der Waals surface area contributed by atoms with Gasteiger partial charge in [-0.2, -0.15) is 0 Å². The number of nitrogens with zero attached hydrogens (tertiary/aromatic N) is 2. The summed E-state index contributed by atoms with van der Waals surface area (Å²) in [5.74, 6) is -0.0518. The Morgan fingerprint density at radius 3 is 3.10 bits per heavy atom. The summed E-state index contributed by atoms with van der Waals surface area (Å²) in [6.07, 6.45) is 5.51. The topological polar surface area (TPSA) is 63.1 Å². The molecule has 0 aromatic carbocycles. The van der Waals surface area contributed by atoms with Gasteiger partial charge >= 0.3 is 5.97 Å². The summed E-state index contributed by atoms with van der Waals surface area (Å²) in [4.78, 5) is 22.5. The molecule has 0 saturated carbocycles. The molecule has 2 atom stereocenters. The first kappa shape index (κ1) is 14.8. The quantitative estimate of drug-likeness (QED) is 0.686. The van der Waals surface area contributed by atoms with E-state index in [4.69, 9.17) is 0 Å². The second-order valence-corrected chi connectivity index (χ2v) is 7.84. The van der Waals surface area contributed by atoms with Gasteiger partial charge in [-0.05, 0) is 37.2 Å². The van der Waals surface area contributed by atoms with E-state index in [9.17, 15) is 9.90 Å². The molecule has 0 spiro atoms. The van der Waals surface area contributed by atoms with E-state index in [2.05, 4.69) is 16.9 Å². The summed E-state index contributed by atoms with van der Waals surface area (Å²) in [5.41, 5.74) is 1.36. The summed E-state index contributed by atoms with van der Waals surface area (Å²) in [6.45, 7) is 4.18. The maximum Gasteiger partial charge on any atom is 0.317 e. The number of hydrogen-bond donors (Lipinski definition) is 1. The molecule has 0 fully saturated rings. The van der Waals surface area contributed by atoms with E-state index in [1.54, 1.807) is 17.7 Å². The lowest BCUT2D eigenvalue weighted by Gasteiger charge is -2.18. The van der Waals surface area contributed by atoms with Gasteiger partial charge in [-0.1, -0.05) is 25.6 Å². The average Bonchev–Trinajstić information content (AvgIpc) is 2.82. The third-order valence-electron chi connectivity index (χ3n) is 3.96. The van der Waals surface area contributed by atoms with Gasteiger partial charge < -0.3 is 5.11 Å². The van der Waals surface area contributed by atoms with E-state index >= 15 is 0 Å². The third-order valence-corrected chi connectivity index (χ3v) is 6.47. The number of rotatable bonds is 4. The monoisotopic (exact) mass is 322 g/mol. The van der Waals surface area contributed by atoms with Crippen LogP contribution >= 0.6 is 23.1 Å². The fourth-order valence-corrected chi connectivity index (χ4v) is 5.18. The molecule has 2 aromatic heterocycles. The molecule has 0 bridgehead atoms. The first-order chi connectivity index (χ1) is 10.1. The normalized spacial score (nSPS) is 19.4. The van der Waals surface area contributed by atoms with E-state index < -0.39 is 11.2 Å². The van der Waals surface area contributed by atoms with Crippen molar-refractivity contribution in [2.45, 2.75) is 49.8 Å². The van der Waals surface area contributed by atoms with Crippen LogP contribution in [0.5, 0.6) is 0 Å². The molecule has 0 aliphatic heterocycles. The van der Waals surface area contributed by atoms with Crippen molar-refractivity contribution in [2.75, 3.05) is 0 Å². The zero-order valence-electron chi connectivity index (χ0n) is 12.1. The van der Waals surface area contributed by atoms with Crippen LogP contribution in [0.1, 0.15) is 37.1 Å². The predicted octanol–water partition coefficient (Wildman–Crippen LogP) is 3.77. The summed E-state index contributed by atoms with van der Waals surface area (Å²) < 4.78 is 0. The highest BCUT2D eigenvalue weighted by Crippen LogP contribution is 2.41. The van der Waals surface area contributed by atoms with Gasteiger partial charge in [-0.25, -0.2) is 9.97 Å². The minimum atomic E-state index is -0.771. The maximum atomic E-state index is 11.3. The van der Waals surface area contributed by atoms with Gasteiger partial charge in [0.2, 0.25) is 0 Å². The van der Waals surface area contributed by atoms with Crippen LogP contribution < -0.4 is 0 Å². The molecule has 1 aliphatic carbocycles. The lowest BCUT2D eigenvalue weighted by molar-refractivity contribution is -0.136. The zero-order chi connectivity index (χ0) is 15.0. The van der Waals surface area contributed by atoms with E-state index in [1.807, 2.05) is 6.92 Å². The smallest absolute Gasteiger partial charge is 0.317 e. The predicted molar refractivity (Wildman–Crippen MR) is 86.2 cm³/mol. The van der Waals surface area contributed by atoms with Crippen LogP contribution in [0.3, 0.4) is 0 Å². The standard InChI is InChI=1S/C15H18N2O2S2/c1-3-10(15(18)19)20-13-12-9-5-4-8(2)6-11(9)21-14(12)17-7-16-13/h7-8,10H,3-6H2,1-2H3,(H,18,19)/t8-,10+/m1/s1. The molecule has 2 heterocycles. The van der Waals surface area contributed by atoms with Crippen molar-refractivity contribution in [3.8, 4) is 0 Å². The summed E-state index contributed by atoms with van der Waals surface area (Å²) in [7, 11) is 0.